The second-order valence-electron chi connectivity index (χ2n) is 5.90. The van der Waals surface area contributed by atoms with E-state index in [0.717, 1.165) is 18.4 Å². The number of carbonyl (C=O) groups excluding carboxylic acids is 1. The minimum absolute atomic E-state index is 0.132. The Hall–Kier alpha value is -1.65. The first-order valence-corrected chi connectivity index (χ1v) is 8.14. The average Bonchev–Trinajstić information content (AvgIpc) is 3.22. The smallest absolute Gasteiger partial charge is 0.251 e. The summed E-state index contributed by atoms with van der Waals surface area (Å²) in [6.07, 6.45) is 2.11. The van der Waals surface area contributed by atoms with Crippen LogP contribution < -0.4 is 5.32 Å². The molecule has 1 saturated carbocycles. The second kappa shape index (κ2) is 5.62. The van der Waals surface area contributed by atoms with Gasteiger partial charge in [0.05, 0.1) is 5.60 Å². The summed E-state index contributed by atoms with van der Waals surface area (Å²) in [6, 6.07) is 9.63. The molecule has 0 aliphatic heterocycles. The third-order valence-electron chi connectivity index (χ3n) is 4.07. The summed E-state index contributed by atoms with van der Waals surface area (Å²) in [5, 5.41) is 17.2. The Morgan fingerprint density at radius 3 is 2.57 bits per heavy atom. The molecule has 1 heterocycles. The van der Waals surface area contributed by atoms with Crippen molar-refractivity contribution in [3.63, 3.8) is 0 Å². The highest BCUT2D eigenvalue weighted by molar-refractivity contribution is 7.08. The average molecular weight is 301 g/mol. The first-order valence-electron chi connectivity index (χ1n) is 7.19. The van der Waals surface area contributed by atoms with Crippen molar-refractivity contribution in [2.45, 2.75) is 25.4 Å². The van der Waals surface area contributed by atoms with E-state index >= 15 is 0 Å². The molecule has 110 valence electrons. The molecular formula is C17H19NO2S. The molecule has 0 saturated heterocycles. The number of aliphatic hydroxyl groups is 1. The molecule has 1 aromatic carbocycles. The van der Waals surface area contributed by atoms with E-state index in [-0.39, 0.29) is 5.91 Å². The molecule has 1 fully saturated rings. The van der Waals surface area contributed by atoms with E-state index in [4.69, 9.17) is 0 Å². The van der Waals surface area contributed by atoms with Gasteiger partial charge >= 0.3 is 0 Å². The van der Waals surface area contributed by atoms with E-state index in [1.165, 1.54) is 5.56 Å². The van der Waals surface area contributed by atoms with Gasteiger partial charge in [-0.3, -0.25) is 4.79 Å². The van der Waals surface area contributed by atoms with Gasteiger partial charge in [0.2, 0.25) is 0 Å². The second-order valence-corrected chi connectivity index (χ2v) is 6.68. The maximum Gasteiger partial charge on any atom is 0.251 e. The Morgan fingerprint density at radius 2 is 2.00 bits per heavy atom. The van der Waals surface area contributed by atoms with Crippen LogP contribution in [0.2, 0.25) is 0 Å². The molecule has 1 amide bonds. The van der Waals surface area contributed by atoms with E-state index in [2.05, 4.69) is 16.8 Å². The molecule has 0 bridgehead atoms. The summed E-state index contributed by atoms with van der Waals surface area (Å²) in [5.74, 6) is 0.201. The quantitative estimate of drug-likeness (QED) is 0.890. The van der Waals surface area contributed by atoms with Gasteiger partial charge in [0, 0.05) is 12.1 Å². The molecule has 3 rings (SSSR count). The SMILES string of the molecule is CC(O)(CNC(=O)c1ccc(-c2ccsc2)cc1)C1CC1. The van der Waals surface area contributed by atoms with Gasteiger partial charge in [-0.2, -0.15) is 11.3 Å². The zero-order valence-electron chi connectivity index (χ0n) is 12.0. The summed E-state index contributed by atoms with van der Waals surface area (Å²) < 4.78 is 0. The molecule has 1 aliphatic carbocycles. The lowest BCUT2D eigenvalue weighted by Crippen LogP contribution is -2.42. The van der Waals surface area contributed by atoms with Crippen molar-refractivity contribution >= 4 is 17.2 Å². The van der Waals surface area contributed by atoms with Gasteiger partial charge in [-0.15, -0.1) is 0 Å². The summed E-state index contributed by atoms with van der Waals surface area (Å²) in [7, 11) is 0. The van der Waals surface area contributed by atoms with Crippen LogP contribution in [0.5, 0.6) is 0 Å². The number of hydrogen-bond donors (Lipinski definition) is 2. The highest BCUT2D eigenvalue weighted by Gasteiger charge is 2.39. The predicted molar refractivity (Wildman–Crippen MR) is 85.4 cm³/mol. The zero-order chi connectivity index (χ0) is 14.9. The molecule has 1 unspecified atom stereocenters. The monoisotopic (exact) mass is 301 g/mol. The molecule has 3 nitrogen and oxygen atoms in total. The van der Waals surface area contributed by atoms with Crippen molar-refractivity contribution in [3.8, 4) is 11.1 Å². The predicted octanol–water partition coefficient (Wildman–Crippen LogP) is 3.31. The van der Waals surface area contributed by atoms with Crippen LogP contribution in [-0.2, 0) is 0 Å². The van der Waals surface area contributed by atoms with E-state index in [1.807, 2.05) is 29.6 Å². The number of carbonyl (C=O) groups is 1. The van der Waals surface area contributed by atoms with Crippen LogP contribution >= 0.6 is 11.3 Å². The molecule has 1 atom stereocenters. The Bertz CT molecular complexity index is 613. The Balaban J connectivity index is 1.62. The first-order chi connectivity index (χ1) is 10.1. The van der Waals surface area contributed by atoms with Gasteiger partial charge in [-0.1, -0.05) is 12.1 Å². The molecular weight excluding hydrogens is 282 g/mol. The van der Waals surface area contributed by atoms with Crippen LogP contribution in [0.15, 0.2) is 41.1 Å². The lowest BCUT2D eigenvalue weighted by Gasteiger charge is -2.23. The summed E-state index contributed by atoms with van der Waals surface area (Å²) in [5.41, 5.74) is 2.12. The highest BCUT2D eigenvalue weighted by atomic mass is 32.1. The van der Waals surface area contributed by atoms with E-state index in [0.29, 0.717) is 18.0 Å². The van der Waals surface area contributed by atoms with Gasteiger partial charge < -0.3 is 10.4 Å². The molecule has 2 N–H and O–H groups in total. The van der Waals surface area contributed by atoms with Gasteiger partial charge in [0.15, 0.2) is 0 Å². The van der Waals surface area contributed by atoms with Crippen LogP contribution in [0, 0.1) is 5.92 Å². The standard InChI is InChI=1S/C17H19NO2S/c1-17(20,15-6-7-15)11-18-16(19)13-4-2-12(3-5-13)14-8-9-21-10-14/h2-5,8-10,15,20H,6-7,11H2,1H3,(H,18,19). The van der Waals surface area contributed by atoms with Crippen molar-refractivity contribution in [1.82, 2.24) is 5.32 Å². The number of thiophene rings is 1. The topological polar surface area (TPSA) is 49.3 Å². The van der Waals surface area contributed by atoms with Crippen LogP contribution in [0.1, 0.15) is 30.1 Å². The van der Waals surface area contributed by atoms with Gasteiger partial charge in [0.25, 0.3) is 5.91 Å². The number of rotatable bonds is 5. The maximum absolute atomic E-state index is 12.1. The molecule has 0 radical (unpaired) electrons. The zero-order valence-corrected chi connectivity index (χ0v) is 12.8. The van der Waals surface area contributed by atoms with Crippen molar-refractivity contribution in [3.05, 3.63) is 46.7 Å². The molecule has 21 heavy (non-hydrogen) atoms. The largest absolute Gasteiger partial charge is 0.388 e. The number of nitrogens with one attached hydrogen (secondary N) is 1. The third kappa shape index (κ3) is 3.34. The van der Waals surface area contributed by atoms with Gasteiger partial charge in [-0.05, 0) is 65.8 Å². The highest BCUT2D eigenvalue weighted by Crippen LogP contribution is 2.39. The van der Waals surface area contributed by atoms with Gasteiger partial charge in [-0.25, -0.2) is 0 Å². The van der Waals surface area contributed by atoms with Crippen LogP contribution in [0.25, 0.3) is 11.1 Å². The fourth-order valence-electron chi connectivity index (χ4n) is 2.45. The molecule has 1 aliphatic rings. The van der Waals surface area contributed by atoms with Crippen molar-refractivity contribution in [2.75, 3.05) is 6.54 Å². The summed E-state index contributed by atoms with van der Waals surface area (Å²) in [4.78, 5) is 12.1. The van der Waals surface area contributed by atoms with Crippen molar-refractivity contribution < 1.29 is 9.90 Å². The number of benzene rings is 1. The Morgan fingerprint density at radius 1 is 1.29 bits per heavy atom. The molecule has 4 heteroatoms. The minimum atomic E-state index is -0.785. The summed E-state index contributed by atoms with van der Waals surface area (Å²) >= 11 is 1.66. The third-order valence-corrected chi connectivity index (χ3v) is 4.75. The number of hydrogen-bond acceptors (Lipinski definition) is 3. The fraction of sp³-hybridized carbons (Fsp3) is 0.353. The first kappa shape index (κ1) is 14.3. The number of amides is 1. The molecule has 2 aromatic rings. The van der Waals surface area contributed by atoms with Gasteiger partial charge in [0.1, 0.15) is 0 Å². The van der Waals surface area contributed by atoms with Crippen LogP contribution in [-0.4, -0.2) is 23.2 Å². The Kier molecular flexibility index (Phi) is 3.83. The van der Waals surface area contributed by atoms with Crippen LogP contribution in [0.3, 0.4) is 0 Å². The fourth-order valence-corrected chi connectivity index (χ4v) is 3.12. The maximum atomic E-state index is 12.1. The van der Waals surface area contributed by atoms with E-state index in [1.54, 1.807) is 18.3 Å². The van der Waals surface area contributed by atoms with Crippen molar-refractivity contribution in [2.24, 2.45) is 5.92 Å². The molecule has 1 aromatic heterocycles. The summed E-state index contributed by atoms with van der Waals surface area (Å²) in [6.45, 7) is 2.10. The minimum Gasteiger partial charge on any atom is -0.388 e. The van der Waals surface area contributed by atoms with Crippen molar-refractivity contribution in [1.29, 1.82) is 0 Å². The van der Waals surface area contributed by atoms with Crippen LogP contribution in [0.4, 0.5) is 0 Å². The normalized spacial score (nSPS) is 17.2. The lowest BCUT2D eigenvalue weighted by atomic mass is 10.0. The van der Waals surface area contributed by atoms with E-state index < -0.39 is 5.60 Å². The molecule has 0 spiro atoms. The lowest BCUT2D eigenvalue weighted by molar-refractivity contribution is 0.0354. The Labute approximate surface area is 128 Å². The van der Waals surface area contributed by atoms with E-state index in [9.17, 15) is 9.90 Å².